The van der Waals surface area contributed by atoms with Gasteiger partial charge in [0.15, 0.2) is 5.82 Å². The first kappa shape index (κ1) is 21.2. The Labute approximate surface area is 187 Å². The molecule has 31 heavy (non-hydrogen) atoms. The van der Waals surface area contributed by atoms with Crippen molar-refractivity contribution in [1.82, 2.24) is 14.8 Å². The summed E-state index contributed by atoms with van der Waals surface area (Å²) in [6, 6.07) is 14.3. The number of urea groups is 1. The van der Waals surface area contributed by atoms with Crippen LogP contribution in [0.2, 0.25) is 5.02 Å². The molecule has 2 amide bonds. The maximum absolute atomic E-state index is 13.3. The summed E-state index contributed by atoms with van der Waals surface area (Å²) in [6.07, 6.45) is 4.32. The fourth-order valence-corrected chi connectivity index (χ4v) is 3.89. The van der Waals surface area contributed by atoms with Crippen LogP contribution in [-0.4, -0.2) is 27.4 Å². The minimum absolute atomic E-state index is 0.233. The van der Waals surface area contributed by atoms with Crippen molar-refractivity contribution in [2.75, 3.05) is 16.8 Å². The zero-order valence-electron chi connectivity index (χ0n) is 17.6. The number of aryl methyl sites for hydroxylation is 2. The molecule has 0 unspecified atom stereocenters. The van der Waals surface area contributed by atoms with E-state index in [-0.39, 0.29) is 12.6 Å². The van der Waals surface area contributed by atoms with Crippen LogP contribution >= 0.6 is 11.6 Å². The van der Waals surface area contributed by atoms with Gasteiger partial charge in [0.2, 0.25) is 0 Å². The number of amides is 2. The van der Waals surface area contributed by atoms with Crippen LogP contribution in [0.25, 0.3) is 0 Å². The highest BCUT2D eigenvalue weighted by molar-refractivity contribution is 6.30. The van der Waals surface area contributed by atoms with Gasteiger partial charge in [-0.2, -0.15) is 5.10 Å². The number of hydrogen-bond acceptors (Lipinski definition) is 4. The van der Waals surface area contributed by atoms with E-state index in [1.165, 1.54) is 6.42 Å². The van der Waals surface area contributed by atoms with Gasteiger partial charge in [0.1, 0.15) is 11.6 Å². The predicted molar refractivity (Wildman–Crippen MR) is 122 cm³/mol. The molecule has 8 heteroatoms. The van der Waals surface area contributed by atoms with Gasteiger partial charge in [0.25, 0.3) is 0 Å². The molecule has 4 rings (SSSR count). The van der Waals surface area contributed by atoms with E-state index in [1.807, 2.05) is 35.9 Å². The van der Waals surface area contributed by atoms with E-state index >= 15 is 0 Å². The summed E-state index contributed by atoms with van der Waals surface area (Å²) in [7, 11) is 0. The molecule has 0 saturated heterocycles. The number of carbonyl (C=O) groups excluding carboxylic acids is 1. The average Bonchev–Trinajstić information content (AvgIpc) is 3.01. The lowest BCUT2D eigenvalue weighted by molar-refractivity contribution is 0.256. The summed E-state index contributed by atoms with van der Waals surface area (Å²) in [5.41, 5.74) is 1.28. The Balaban J connectivity index is 1.65. The Bertz CT molecular complexity index is 1030. The number of carbonyl (C=O) groups is 1. The van der Waals surface area contributed by atoms with Crippen LogP contribution in [0.5, 0.6) is 5.75 Å². The minimum Gasteiger partial charge on any atom is -0.492 e. The molecule has 0 aliphatic carbocycles. The zero-order valence-corrected chi connectivity index (χ0v) is 18.3. The Morgan fingerprint density at radius 3 is 2.90 bits per heavy atom. The van der Waals surface area contributed by atoms with Crippen molar-refractivity contribution < 1.29 is 9.53 Å². The zero-order chi connectivity index (χ0) is 21.6. The van der Waals surface area contributed by atoms with Crippen molar-refractivity contribution in [2.45, 2.75) is 45.7 Å². The molecule has 162 valence electrons. The van der Waals surface area contributed by atoms with Gasteiger partial charge in [-0.25, -0.2) is 14.5 Å². The molecule has 0 radical (unpaired) electrons. The van der Waals surface area contributed by atoms with Crippen LogP contribution in [0.15, 0.2) is 48.5 Å². The summed E-state index contributed by atoms with van der Waals surface area (Å²) >= 11 is 6.08. The topological polar surface area (TPSA) is 72.3 Å². The van der Waals surface area contributed by atoms with Gasteiger partial charge in [0, 0.05) is 23.7 Å². The van der Waals surface area contributed by atoms with Crippen molar-refractivity contribution in [3.8, 4) is 5.75 Å². The number of aromatic nitrogens is 3. The first-order chi connectivity index (χ1) is 15.1. The lowest BCUT2D eigenvalue weighted by Gasteiger charge is -2.24. The van der Waals surface area contributed by atoms with E-state index in [0.717, 1.165) is 31.6 Å². The molecule has 0 spiro atoms. The Morgan fingerprint density at radius 2 is 2.06 bits per heavy atom. The summed E-state index contributed by atoms with van der Waals surface area (Å²) in [5, 5.41) is 8.16. The van der Waals surface area contributed by atoms with Crippen molar-refractivity contribution in [3.05, 3.63) is 65.2 Å². The van der Waals surface area contributed by atoms with Crippen molar-refractivity contribution in [2.24, 2.45) is 0 Å². The third kappa shape index (κ3) is 5.17. The monoisotopic (exact) mass is 439 g/mol. The molecule has 1 N–H and O–H groups in total. The quantitative estimate of drug-likeness (QED) is 0.566. The van der Waals surface area contributed by atoms with E-state index in [1.54, 1.807) is 29.2 Å². The van der Waals surface area contributed by atoms with Gasteiger partial charge in [-0.1, -0.05) is 36.2 Å². The molecule has 1 aliphatic rings. The first-order valence-electron chi connectivity index (χ1n) is 10.6. The molecule has 1 aliphatic heterocycles. The molecule has 1 aromatic heterocycles. The maximum atomic E-state index is 13.3. The number of para-hydroxylation sites is 2. The highest BCUT2D eigenvalue weighted by Crippen LogP contribution is 2.30. The highest BCUT2D eigenvalue weighted by atomic mass is 35.5. The van der Waals surface area contributed by atoms with Gasteiger partial charge in [-0.15, -0.1) is 0 Å². The number of halogens is 1. The van der Waals surface area contributed by atoms with E-state index < -0.39 is 0 Å². The van der Waals surface area contributed by atoms with Crippen LogP contribution in [0.3, 0.4) is 0 Å². The largest absolute Gasteiger partial charge is 0.492 e. The SMILES string of the molecule is CCOc1ccccc1N(Cc1nc2n(n1)CCCCC2)C(=O)Nc1cccc(Cl)c1. The van der Waals surface area contributed by atoms with Gasteiger partial charge < -0.3 is 10.1 Å². The van der Waals surface area contributed by atoms with E-state index in [0.29, 0.717) is 34.6 Å². The van der Waals surface area contributed by atoms with Gasteiger partial charge in [-0.3, -0.25) is 4.90 Å². The van der Waals surface area contributed by atoms with Crippen molar-refractivity contribution in [3.63, 3.8) is 0 Å². The normalized spacial score (nSPS) is 13.2. The van der Waals surface area contributed by atoms with Gasteiger partial charge in [0.05, 0.1) is 18.8 Å². The number of rotatable bonds is 6. The van der Waals surface area contributed by atoms with Crippen LogP contribution < -0.4 is 15.0 Å². The summed E-state index contributed by atoms with van der Waals surface area (Å²) in [5.74, 6) is 2.23. The number of hydrogen-bond donors (Lipinski definition) is 1. The second-order valence-electron chi connectivity index (χ2n) is 7.41. The number of fused-ring (bicyclic) bond motifs is 1. The molecule has 7 nitrogen and oxygen atoms in total. The Morgan fingerprint density at radius 1 is 1.19 bits per heavy atom. The molecule has 3 aromatic rings. The third-order valence-electron chi connectivity index (χ3n) is 5.14. The first-order valence-corrected chi connectivity index (χ1v) is 11.0. The lowest BCUT2D eigenvalue weighted by Crippen LogP contribution is -2.35. The third-order valence-corrected chi connectivity index (χ3v) is 5.37. The van der Waals surface area contributed by atoms with Gasteiger partial charge >= 0.3 is 6.03 Å². The number of nitrogens with one attached hydrogen (secondary N) is 1. The number of nitrogens with zero attached hydrogens (tertiary/aromatic N) is 4. The maximum Gasteiger partial charge on any atom is 0.326 e. The molecule has 0 atom stereocenters. The average molecular weight is 440 g/mol. The number of ether oxygens (including phenoxy) is 1. The van der Waals surface area contributed by atoms with Crippen LogP contribution in [0.4, 0.5) is 16.2 Å². The molecular weight excluding hydrogens is 414 g/mol. The smallest absolute Gasteiger partial charge is 0.326 e. The Hall–Kier alpha value is -3.06. The van der Waals surface area contributed by atoms with Crippen molar-refractivity contribution in [1.29, 1.82) is 0 Å². The molecule has 0 bridgehead atoms. The number of anilines is 2. The molecule has 2 aromatic carbocycles. The second-order valence-corrected chi connectivity index (χ2v) is 7.84. The van der Waals surface area contributed by atoms with Crippen LogP contribution in [0.1, 0.15) is 37.8 Å². The number of benzene rings is 2. The molecule has 0 saturated carbocycles. The van der Waals surface area contributed by atoms with E-state index in [9.17, 15) is 4.79 Å². The minimum atomic E-state index is -0.306. The van der Waals surface area contributed by atoms with Crippen molar-refractivity contribution >= 4 is 29.0 Å². The summed E-state index contributed by atoms with van der Waals surface area (Å²) in [4.78, 5) is 19.7. The molecule has 2 heterocycles. The second kappa shape index (κ2) is 9.83. The predicted octanol–water partition coefficient (Wildman–Crippen LogP) is 5.30. The fourth-order valence-electron chi connectivity index (χ4n) is 3.70. The standard InChI is InChI=1S/C23H26ClN5O2/c1-2-31-20-12-6-5-11-19(20)28(23(30)25-18-10-8-9-17(24)15-18)16-21-26-22-13-4-3-7-14-29(22)27-21/h5-6,8-12,15H,2-4,7,13-14,16H2,1H3,(H,25,30). The summed E-state index contributed by atoms with van der Waals surface area (Å²) in [6.45, 7) is 3.52. The molecule has 0 fully saturated rings. The van der Waals surface area contributed by atoms with E-state index in [4.69, 9.17) is 21.3 Å². The van der Waals surface area contributed by atoms with Crippen LogP contribution in [0, 0.1) is 0 Å². The fraction of sp³-hybridized carbons (Fsp3) is 0.348. The highest BCUT2D eigenvalue weighted by Gasteiger charge is 2.23. The lowest BCUT2D eigenvalue weighted by atomic mass is 10.2. The molecular formula is C23H26ClN5O2. The van der Waals surface area contributed by atoms with Crippen LogP contribution in [-0.2, 0) is 19.5 Å². The Kier molecular flexibility index (Phi) is 6.72. The summed E-state index contributed by atoms with van der Waals surface area (Å²) < 4.78 is 7.76. The van der Waals surface area contributed by atoms with Gasteiger partial charge in [-0.05, 0) is 50.1 Å². The van der Waals surface area contributed by atoms with E-state index in [2.05, 4.69) is 10.4 Å².